The highest BCUT2D eigenvalue weighted by atomic mass is 16.2. The summed E-state index contributed by atoms with van der Waals surface area (Å²) in [7, 11) is 3.99. The largest absolute Gasteiger partial charge is 0.322 e. The molecule has 0 fully saturated rings. The third-order valence-electron chi connectivity index (χ3n) is 2.43. The van der Waals surface area contributed by atoms with Gasteiger partial charge in [-0.15, -0.1) is 0 Å². The van der Waals surface area contributed by atoms with Crippen LogP contribution in [0.5, 0.6) is 0 Å². The van der Waals surface area contributed by atoms with Gasteiger partial charge in [-0.25, -0.2) is 0 Å². The summed E-state index contributed by atoms with van der Waals surface area (Å²) in [6.07, 6.45) is 0. The zero-order valence-corrected chi connectivity index (χ0v) is 9.03. The highest BCUT2D eigenvalue weighted by Crippen LogP contribution is 2.23. The molecule has 0 spiro atoms. The molecule has 0 saturated heterocycles. The Bertz CT molecular complexity index is 374. The molecule has 1 aromatic rings. The van der Waals surface area contributed by atoms with Crippen molar-refractivity contribution in [2.24, 2.45) is 0 Å². The van der Waals surface area contributed by atoms with Crippen LogP contribution in [0.4, 0.5) is 0 Å². The molecule has 0 atom stereocenters. The normalized spacial score (nSPS) is 14.9. The fraction of sp³-hybridized carbons (Fsp3) is 0.333. The van der Waals surface area contributed by atoms with Crippen molar-refractivity contribution < 1.29 is 4.79 Å². The lowest BCUT2D eigenvalue weighted by Crippen LogP contribution is -2.31. The summed E-state index contributed by atoms with van der Waals surface area (Å²) in [5, 5.41) is 0. The van der Waals surface area contributed by atoms with Gasteiger partial charge in [-0.05, 0) is 25.7 Å². The van der Waals surface area contributed by atoms with Crippen LogP contribution in [-0.4, -0.2) is 42.9 Å². The molecule has 3 heteroatoms. The predicted octanol–water partition coefficient (Wildman–Crippen LogP) is 1.09. The Morgan fingerprint density at radius 2 is 2.07 bits per heavy atom. The Labute approximate surface area is 90.3 Å². The Balaban J connectivity index is 2.07. The second kappa shape index (κ2) is 4.03. The molecular weight excluding hydrogens is 188 g/mol. The first-order chi connectivity index (χ1) is 7.18. The molecule has 1 aromatic carbocycles. The van der Waals surface area contributed by atoms with Gasteiger partial charge in [0.2, 0.25) is 0 Å². The highest BCUT2D eigenvalue weighted by molar-refractivity contribution is 6.00. The molecule has 1 amide bonds. The fourth-order valence-electron chi connectivity index (χ4n) is 1.57. The Morgan fingerprint density at radius 1 is 1.33 bits per heavy atom. The molecular formula is C12H14N2O. The summed E-state index contributed by atoms with van der Waals surface area (Å²) in [6.45, 7) is 4.65. The number of hydrogen-bond donors (Lipinski definition) is 0. The van der Waals surface area contributed by atoms with Crippen LogP contribution in [0.15, 0.2) is 24.3 Å². The van der Waals surface area contributed by atoms with Crippen molar-refractivity contribution in [1.29, 1.82) is 0 Å². The SMILES string of the molecule is CN(C)CCN1[C]c2ccccc2C1=O. The second-order valence-corrected chi connectivity index (χ2v) is 3.92. The van der Waals surface area contributed by atoms with Crippen molar-refractivity contribution in [1.82, 2.24) is 9.80 Å². The number of hydrogen-bond acceptors (Lipinski definition) is 2. The van der Waals surface area contributed by atoms with E-state index in [0.29, 0.717) is 6.54 Å². The van der Waals surface area contributed by atoms with Gasteiger partial charge in [-0.2, -0.15) is 0 Å². The summed E-state index contributed by atoms with van der Waals surface area (Å²) >= 11 is 0. The van der Waals surface area contributed by atoms with E-state index in [2.05, 4.69) is 11.4 Å². The van der Waals surface area contributed by atoms with Crippen LogP contribution >= 0.6 is 0 Å². The number of benzene rings is 1. The van der Waals surface area contributed by atoms with Crippen molar-refractivity contribution in [3.05, 3.63) is 41.9 Å². The maximum absolute atomic E-state index is 11.9. The van der Waals surface area contributed by atoms with Crippen LogP contribution in [0.2, 0.25) is 0 Å². The minimum absolute atomic E-state index is 0.0625. The summed E-state index contributed by atoms with van der Waals surface area (Å²) < 4.78 is 0. The number of nitrogens with zero attached hydrogens (tertiary/aromatic N) is 2. The molecule has 0 unspecified atom stereocenters. The first-order valence-electron chi connectivity index (χ1n) is 5.01. The monoisotopic (exact) mass is 202 g/mol. The van der Waals surface area contributed by atoms with Crippen LogP contribution in [0, 0.1) is 6.54 Å². The number of amides is 1. The molecule has 0 aromatic heterocycles. The second-order valence-electron chi connectivity index (χ2n) is 3.92. The van der Waals surface area contributed by atoms with Crippen LogP contribution in [0.3, 0.4) is 0 Å². The molecule has 0 bridgehead atoms. The van der Waals surface area contributed by atoms with Gasteiger partial charge >= 0.3 is 0 Å². The van der Waals surface area contributed by atoms with E-state index in [9.17, 15) is 4.79 Å². The number of rotatable bonds is 3. The van der Waals surface area contributed by atoms with E-state index in [4.69, 9.17) is 0 Å². The van der Waals surface area contributed by atoms with Gasteiger partial charge in [0.1, 0.15) is 6.54 Å². The summed E-state index contributed by atoms with van der Waals surface area (Å²) in [4.78, 5) is 15.6. The van der Waals surface area contributed by atoms with Gasteiger partial charge in [-0.3, -0.25) is 4.79 Å². The molecule has 2 radical (unpaired) electrons. The van der Waals surface area contributed by atoms with E-state index < -0.39 is 0 Å². The average molecular weight is 202 g/mol. The summed E-state index contributed by atoms with van der Waals surface area (Å²) in [5.41, 5.74) is 1.66. The van der Waals surface area contributed by atoms with Crippen LogP contribution in [0.1, 0.15) is 15.9 Å². The van der Waals surface area contributed by atoms with Gasteiger partial charge < -0.3 is 9.80 Å². The highest BCUT2D eigenvalue weighted by Gasteiger charge is 2.27. The molecule has 2 rings (SSSR count). The van der Waals surface area contributed by atoms with Gasteiger partial charge in [0.25, 0.3) is 5.91 Å². The minimum Gasteiger partial charge on any atom is -0.322 e. The third kappa shape index (κ3) is 2.02. The van der Waals surface area contributed by atoms with E-state index >= 15 is 0 Å². The first-order valence-corrected chi connectivity index (χ1v) is 5.01. The molecule has 3 nitrogen and oxygen atoms in total. The van der Waals surface area contributed by atoms with Gasteiger partial charge in [-0.1, -0.05) is 18.2 Å². The maximum atomic E-state index is 11.9. The summed E-state index contributed by atoms with van der Waals surface area (Å²) in [6, 6.07) is 7.58. The maximum Gasteiger partial charge on any atom is 0.255 e. The smallest absolute Gasteiger partial charge is 0.255 e. The Morgan fingerprint density at radius 3 is 2.73 bits per heavy atom. The number of carbonyl (C=O) groups excluding carboxylic acids is 1. The molecule has 1 heterocycles. The van der Waals surface area contributed by atoms with E-state index in [0.717, 1.165) is 17.7 Å². The van der Waals surface area contributed by atoms with Crippen LogP contribution in [0.25, 0.3) is 0 Å². The van der Waals surface area contributed by atoms with Gasteiger partial charge in [0, 0.05) is 18.7 Å². The lowest BCUT2D eigenvalue weighted by Gasteiger charge is -2.17. The van der Waals surface area contributed by atoms with Gasteiger partial charge in [0.15, 0.2) is 0 Å². The molecule has 1 aliphatic heterocycles. The van der Waals surface area contributed by atoms with Crippen molar-refractivity contribution in [3.63, 3.8) is 0 Å². The number of likely N-dealkylation sites (N-methyl/N-ethyl adjacent to an activating group) is 1. The Kier molecular flexibility index (Phi) is 2.73. The molecule has 15 heavy (non-hydrogen) atoms. The zero-order valence-electron chi connectivity index (χ0n) is 9.03. The first kappa shape index (κ1) is 10.2. The lowest BCUT2D eigenvalue weighted by atomic mass is 10.1. The molecule has 1 aliphatic rings. The van der Waals surface area contributed by atoms with Gasteiger partial charge in [0.05, 0.1) is 0 Å². The van der Waals surface area contributed by atoms with E-state index in [-0.39, 0.29) is 5.91 Å². The van der Waals surface area contributed by atoms with Crippen molar-refractivity contribution >= 4 is 5.91 Å². The Hall–Kier alpha value is -1.35. The van der Waals surface area contributed by atoms with Crippen LogP contribution in [-0.2, 0) is 0 Å². The molecule has 0 saturated carbocycles. The molecule has 0 N–H and O–H groups in total. The minimum atomic E-state index is 0.0625. The summed E-state index contributed by atoms with van der Waals surface area (Å²) in [5.74, 6) is 0.0625. The van der Waals surface area contributed by atoms with Crippen molar-refractivity contribution in [2.45, 2.75) is 0 Å². The van der Waals surface area contributed by atoms with E-state index in [1.165, 1.54) is 0 Å². The molecule has 78 valence electrons. The topological polar surface area (TPSA) is 23.6 Å². The lowest BCUT2D eigenvalue weighted by molar-refractivity contribution is 0.0818. The van der Waals surface area contributed by atoms with Crippen molar-refractivity contribution in [2.75, 3.05) is 27.2 Å². The zero-order chi connectivity index (χ0) is 10.8. The number of carbonyl (C=O) groups is 1. The van der Waals surface area contributed by atoms with Crippen molar-refractivity contribution in [3.8, 4) is 0 Å². The quantitative estimate of drug-likeness (QED) is 0.732. The predicted molar refractivity (Wildman–Crippen MR) is 58.4 cm³/mol. The van der Waals surface area contributed by atoms with E-state index in [1.54, 1.807) is 4.90 Å². The standard InChI is InChI=1S/C12H14N2O/c1-13(2)7-8-14-9-10-5-3-4-6-11(10)12(14)15/h3-6H,7-8H2,1-2H3. The third-order valence-corrected chi connectivity index (χ3v) is 2.43. The average Bonchev–Trinajstić information content (AvgIpc) is 2.54. The molecule has 0 aliphatic carbocycles. The fourth-order valence-corrected chi connectivity index (χ4v) is 1.57. The number of fused-ring (bicyclic) bond motifs is 1. The van der Waals surface area contributed by atoms with Crippen LogP contribution < -0.4 is 0 Å². The van der Waals surface area contributed by atoms with E-state index in [1.807, 2.05) is 38.4 Å².